The van der Waals surface area contributed by atoms with Crippen LogP contribution in [0.5, 0.6) is 0 Å². The van der Waals surface area contributed by atoms with Gasteiger partial charge in [0.2, 0.25) is 5.90 Å². The van der Waals surface area contributed by atoms with Gasteiger partial charge in [-0.1, -0.05) is 29.3 Å². The molecule has 0 amide bonds. The summed E-state index contributed by atoms with van der Waals surface area (Å²) >= 11 is 0. The van der Waals surface area contributed by atoms with Gasteiger partial charge < -0.3 is 14.2 Å². The van der Waals surface area contributed by atoms with E-state index in [1.54, 1.807) is 0 Å². The highest BCUT2D eigenvalue weighted by molar-refractivity contribution is 6.08. The highest BCUT2D eigenvalue weighted by Gasteiger charge is 2.58. The van der Waals surface area contributed by atoms with Crippen LogP contribution < -0.4 is 0 Å². The van der Waals surface area contributed by atoms with Crippen molar-refractivity contribution >= 4 is 11.9 Å². The second kappa shape index (κ2) is 6.03. The van der Waals surface area contributed by atoms with Crippen LogP contribution in [-0.2, 0) is 19.0 Å². The van der Waals surface area contributed by atoms with E-state index in [4.69, 9.17) is 19.2 Å². The van der Waals surface area contributed by atoms with E-state index in [9.17, 15) is 4.79 Å². The van der Waals surface area contributed by atoms with Crippen molar-refractivity contribution in [1.29, 1.82) is 0 Å². The zero-order valence-electron chi connectivity index (χ0n) is 15.7. The molecule has 0 saturated carbocycles. The van der Waals surface area contributed by atoms with E-state index in [1.807, 2.05) is 44.2 Å². The van der Waals surface area contributed by atoms with Gasteiger partial charge in [-0.3, -0.25) is 0 Å². The SMILES string of the molecule is CC1=C(C)C[C@]2(N=C(c3ccccc3)OC2=O)[C@H]([C@H]2COC(C)(C)O2)C1. The number of benzene rings is 1. The second-order valence-corrected chi connectivity index (χ2v) is 8.01. The monoisotopic (exact) mass is 355 g/mol. The minimum absolute atomic E-state index is 0.0957. The molecule has 2 heterocycles. The Hall–Kier alpha value is -1.98. The molecule has 0 radical (unpaired) electrons. The number of carbonyl (C=O) groups excluding carboxylic acids is 1. The summed E-state index contributed by atoms with van der Waals surface area (Å²) in [5.74, 6) is -0.598. The number of nitrogens with zero attached hydrogens (tertiary/aromatic N) is 1. The molecule has 4 rings (SSSR count). The summed E-state index contributed by atoms with van der Waals surface area (Å²) in [6.07, 6.45) is 1.15. The number of ether oxygens (including phenoxy) is 3. The summed E-state index contributed by atoms with van der Waals surface area (Å²) in [5, 5.41) is 0. The Balaban J connectivity index is 1.75. The fourth-order valence-corrected chi connectivity index (χ4v) is 4.19. The molecule has 1 fully saturated rings. The van der Waals surface area contributed by atoms with Crippen molar-refractivity contribution in [2.45, 2.75) is 58.0 Å². The van der Waals surface area contributed by atoms with Crippen LogP contribution in [0.4, 0.5) is 0 Å². The molecule has 2 aliphatic heterocycles. The van der Waals surface area contributed by atoms with Crippen LogP contribution in [0.1, 0.15) is 46.1 Å². The Kier molecular flexibility index (Phi) is 4.04. The molecule has 0 unspecified atom stereocenters. The summed E-state index contributed by atoms with van der Waals surface area (Å²) in [5.41, 5.74) is 2.40. The van der Waals surface area contributed by atoms with E-state index in [1.165, 1.54) is 11.1 Å². The molecule has 138 valence electrons. The number of esters is 1. The van der Waals surface area contributed by atoms with E-state index in [-0.39, 0.29) is 18.0 Å². The molecule has 5 nitrogen and oxygen atoms in total. The quantitative estimate of drug-likeness (QED) is 0.600. The van der Waals surface area contributed by atoms with Gasteiger partial charge in [0.1, 0.15) is 0 Å². The minimum atomic E-state index is -0.927. The maximum Gasteiger partial charge on any atom is 0.341 e. The van der Waals surface area contributed by atoms with Crippen LogP contribution in [-0.4, -0.2) is 35.9 Å². The minimum Gasteiger partial charge on any atom is -0.405 e. The molecular weight excluding hydrogens is 330 g/mol. The molecule has 3 aliphatic rings. The molecule has 1 saturated heterocycles. The third-order valence-corrected chi connectivity index (χ3v) is 5.75. The van der Waals surface area contributed by atoms with Crippen LogP contribution in [0.25, 0.3) is 0 Å². The first kappa shape index (κ1) is 17.4. The first-order chi connectivity index (χ1) is 12.3. The van der Waals surface area contributed by atoms with Gasteiger partial charge in [0, 0.05) is 17.9 Å². The normalized spacial score (nSPS) is 33.5. The summed E-state index contributed by atoms with van der Waals surface area (Å²) in [7, 11) is 0. The van der Waals surface area contributed by atoms with Gasteiger partial charge in [-0.2, -0.15) is 0 Å². The smallest absolute Gasteiger partial charge is 0.341 e. The van der Waals surface area contributed by atoms with Crippen molar-refractivity contribution in [1.82, 2.24) is 0 Å². The van der Waals surface area contributed by atoms with Gasteiger partial charge >= 0.3 is 5.97 Å². The number of carbonyl (C=O) groups is 1. The number of hydrogen-bond donors (Lipinski definition) is 0. The van der Waals surface area contributed by atoms with Crippen molar-refractivity contribution in [2.75, 3.05) is 6.61 Å². The lowest BCUT2D eigenvalue weighted by Crippen LogP contribution is -2.50. The molecule has 1 aromatic carbocycles. The topological polar surface area (TPSA) is 57.1 Å². The van der Waals surface area contributed by atoms with Crippen LogP contribution >= 0.6 is 0 Å². The van der Waals surface area contributed by atoms with E-state index in [0.717, 1.165) is 12.0 Å². The molecule has 1 aromatic rings. The third-order valence-electron chi connectivity index (χ3n) is 5.75. The largest absolute Gasteiger partial charge is 0.405 e. The standard InChI is InChI=1S/C21H25NO4/c1-13-10-16(17-12-24-20(3,4)26-17)21(11-14(13)2)19(23)25-18(22-21)15-8-6-5-7-9-15/h5-9,16-17H,10-12H2,1-4H3/t16-,17+,21-/m0/s1. The van der Waals surface area contributed by atoms with Crippen LogP contribution in [0, 0.1) is 5.92 Å². The molecule has 0 aromatic heterocycles. The zero-order chi connectivity index (χ0) is 18.5. The van der Waals surface area contributed by atoms with Gasteiger partial charge in [-0.25, -0.2) is 9.79 Å². The van der Waals surface area contributed by atoms with Crippen LogP contribution in [0.3, 0.4) is 0 Å². The van der Waals surface area contributed by atoms with Gasteiger partial charge in [0.05, 0.1) is 12.7 Å². The van der Waals surface area contributed by atoms with Crippen molar-refractivity contribution in [3.05, 3.63) is 47.0 Å². The lowest BCUT2D eigenvalue weighted by Gasteiger charge is -2.39. The Morgan fingerprint density at radius 1 is 1.12 bits per heavy atom. The van der Waals surface area contributed by atoms with Gasteiger partial charge in [-0.15, -0.1) is 0 Å². The Morgan fingerprint density at radius 3 is 2.50 bits per heavy atom. The maximum atomic E-state index is 13.1. The van der Waals surface area contributed by atoms with E-state index >= 15 is 0 Å². The molecule has 5 heteroatoms. The predicted molar refractivity (Wildman–Crippen MR) is 97.8 cm³/mol. The number of hydrogen-bond acceptors (Lipinski definition) is 5. The highest BCUT2D eigenvalue weighted by atomic mass is 16.7. The molecular formula is C21H25NO4. The fourth-order valence-electron chi connectivity index (χ4n) is 4.19. The van der Waals surface area contributed by atoms with Crippen molar-refractivity contribution < 1.29 is 19.0 Å². The van der Waals surface area contributed by atoms with Crippen LogP contribution in [0.15, 0.2) is 46.5 Å². The highest BCUT2D eigenvalue weighted by Crippen LogP contribution is 2.47. The Bertz CT molecular complexity index is 795. The predicted octanol–water partition coefficient (Wildman–Crippen LogP) is 3.63. The molecule has 26 heavy (non-hydrogen) atoms. The molecule has 1 aliphatic carbocycles. The summed E-state index contributed by atoms with van der Waals surface area (Å²) in [6, 6.07) is 9.59. The van der Waals surface area contributed by atoms with Gasteiger partial charge in [0.15, 0.2) is 11.3 Å². The first-order valence-electron chi connectivity index (χ1n) is 9.15. The molecule has 0 bridgehead atoms. The average Bonchev–Trinajstić information content (AvgIpc) is 3.12. The number of allylic oxidation sites excluding steroid dienone is 1. The summed E-state index contributed by atoms with van der Waals surface area (Å²) < 4.78 is 17.6. The number of cyclic esters (lactones) is 1. The molecule has 3 atom stereocenters. The lowest BCUT2D eigenvalue weighted by atomic mass is 9.69. The second-order valence-electron chi connectivity index (χ2n) is 8.01. The van der Waals surface area contributed by atoms with Crippen LogP contribution in [0.2, 0.25) is 0 Å². The number of rotatable bonds is 2. The van der Waals surface area contributed by atoms with Gasteiger partial charge in [0.25, 0.3) is 0 Å². The Labute approximate surface area is 154 Å². The van der Waals surface area contributed by atoms with Crippen molar-refractivity contribution in [3.63, 3.8) is 0 Å². The molecule has 1 spiro atoms. The van der Waals surface area contributed by atoms with Crippen molar-refractivity contribution in [2.24, 2.45) is 10.9 Å². The molecule has 0 N–H and O–H groups in total. The lowest BCUT2D eigenvalue weighted by molar-refractivity contribution is -0.156. The van der Waals surface area contributed by atoms with Gasteiger partial charge in [-0.05, 0) is 46.2 Å². The average molecular weight is 355 g/mol. The maximum absolute atomic E-state index is 13.1. The summed E-state index contributed by atoms with van der Waals surface area (Å²) in [6.45, 7) is 8.48. The van der Waals surface area contributed by atoms with E-state index < -0.39 is 11.3 Å². The summed E-state index contributed by atoms with van der Waals surface area (Å²) in [4.78, 5) is 17.9. The van der Waals surface area contributed by atoms with E-state index in [2.05, 4.69) is 13.8 Å². The Morgan fingerprint density at radius 2 is 1.85 bits per heavy atom. The number of aliphatic imine (C=N–C) groups is 1. The van der Waals surface area contributed by atoms with Crippen molar-refractivity contribution in [3.8, 4) is 0 Å². The van der Waals surface area contributed by atoms with E-state index in [0.29, 0.717) is 18.9 Å². The first-order valence-corrected chi connectivity index (χ1v) is 9.15. The third kappa shape index (κ3) is 2.79. The fraction of sp³-hybridized carbons (Fsp3) is 0.524. The zero-order valence-corrected chi connectivity index (χ0v) is 15.7.